The fourth-order valence-electron chi connectivity index (χ4n) is 3.56. The first-order valence-corrected chi connectivity index (χ1v) is 9.02. The van der Waals surface area contributed by atoms with Crippen molar-refractivity contribution in [3.8, 4) is 0 Å². The molecule has 1 saturated heterocycles. The van der Waals surface area contributed by atoms with E-state index in [2.05, 4.69) is 28.9 Å². The Morgan fingerprint density at radius 3 is 2.74 bits per heavy atom. The molecule has 2 aliphatic carbocycles. The van der Waals surface area contributed by atoms with Crippen LogP contribution in [0, 0.1) is 0 Å². The average Bonchev–Trinajstić information content (AvgIpc) is 3.19. The summed E-state index contributed by atoms with van der Waals surface area (Å²) >= 11 is 2.08. The normalized spacial score (nSPS) is 35.9. The molecule has 0 aromatic rings. The first-order valence-electron chi connectivity index (χ1n) is 7.97. The highest BCUT2D eigenvalue weighted by Crippen LogP contribution is 2.33. The highest BCUT2D eigenvalue weighted by Gasteiger charge is 2.41. The molecule has 3 unspecified atom stereocenters. The van der Waals surface area contributed by atoms with Gasteiger partial charge in [0.1, 0.15) is 0 Å². The molecular weight excluding hydrogens is 256 g/mol. The van der Waals surface area contributed by atoms with Crippen LogP contribution in [0.3, 0.4) is 0 Å². The Balaban J connectivity index is 1.56. The second-order valence-corrected chi connectivity index (χ2v) is 7.67. The van der Waals surface area contributed by atoms with Gasteiger partial charge in [-0.15, -0.1) is 0 Å². The molecule has 1 heterocycles. The van der Waals surface area contributed by atoms with Crippen LogP contribution in [0.2, 0.25) is 0 Å². The molecule has 1 N–H and O–H groups in total. The maximum atomic E-state index is 12.4. The van der Waals surface area contributed by atoms with Crippen LogP contribution in [0.25, 0.3) is 0 Å². The molecule has 3 atom stereocenters. The predicted molar refractivity (Wildman–Crippen MR) is 80.5 cm³/mol. The Hall–Kier alpha value is -0.220. The number of hydrogen-bond acceptors (Lipinski definition) is 3. The lowest BCUT2D eigenvalue weighted by atomic mass is 9.94. The Bertz CT molecular complexity index is 330. The highest BCUT2D eigenvalue weighted by atomic mass is 32.2. The predicted octanol–water partition coefficient (Wildman–Crippen LogP) is 2.40. The number of nitrogens with zero attached hydrogens (tertiary/aromatic N) is 1. The van der Waals surface area contributed by atoms with Crippen LogP contribution in [0.1, 0.15) is 51.9 Å². The topological polar surface area (TPSA) is 32.3 Å². The maximum Gasteiger partial charge on any atom is 0.240 e. The molecule has 2 saturated carbocycles. The summed E-state index contributed by atoms with van der Waals surface area (Å²) in [7, 11) is 0. The minimum Gasteiger partial charge on any atom is -0.338 e. The number of amides is 1. The third-order valence-electron chi connectivity index (χ3n) is 4.73. The fraction of sp³-hybridized carbons (Fsp3) is 0.933. The SMILES string of the molecule is CCSC1CCCCC1NC1CCN(C2CC2)C1=O. The molecule has 3 nitrogen and oxygen atoms in total. The van der Waals surface area contributed by atoms with E-state index in [4.69, 9.17) is 0 Å². The molecule has 19 heavy (non-hydrogen) atoms. The molecule has 3 rings (SSSR count). The van der Waals surface area contributed by atoms with E-state index in [1.165, 1.54) is 44.3 Å². The number of rotatable bonds is 5. The molecule has 4 heteroatoms. The van der Waals surface area contributed by atoms with Gasteiger partial charge >= 0.3 is 0 Å². The zero-order valence-corrected chi connectivity index (χ0v) is 12.8. The van der Waals surface area contributed by atoms with Crippen molar-refractivity contribution < 1.29 is 4.79 Å². The van der Waals surface area contributed by atoms with Gasteiger partial charge in [0.05, 0.1) is 6.04 Å². The standard InChI is InChI=1S/C15H26N2OS/c1-2-19-14-6-4-3-5-12(14)16-13-9-10-17(15(13)18)11-7-8-11/h11-14,16H,2-10H2,1H3. The second kappa shape index (κ2) is 6.04. The van der Waals surface area contributed by atoms with Crippen molar-refractivity contribution in [3.05, 3.63) is 0 Å². The van der Waals surface area contributed by atoms with Crippen LogP contribution in [-0.2, 0) is 4.79 Å². The molecule has 0 bridgehead atoms. The van der Waals surface area contributed by atoms with Crippen LogP contribution in [-0.4, -0.2) is 46.5 Å². The first-order chi connectivity index (χ1) is 9.29. The third-order valence-corrected chi connectivity index (χ3v) is 6.05. The van der Waals surface area contributed by atoms with Gasteiger partial charge in [-0.1, -0.05) is 19.8 Å². The van der Waals surface area contributed by atoms with Crippen molar-refractivity contribution in [2.75, 3.05) is 12.3 Å². The van der Waals surface area contributed by atoms with Gasteiger partial charge in [-0.3, -0.25) is 4.79 Å². The Morgan fingerprint density at radius 1 is 1.21 bits per heavy atom. The number of thioether (sulfide) groups is 1. The summed E-state index contributed by atoms with van der Waals surface area (Å²) in [5.41, 5.74) is 0. The second-order valence-electron chi connectivity index (χ2n) is 6.16. The number of hydrogen-bond donors (Lipinski definition) is 1. The van der Waals surface area contributed by atoms with Crippen LogP contribution < -0.4 is 5.32 Å². The van der Waals surface area contributed by atoms with Crippen LogP contribution in [0.4, 0.5) is 0 Å². The molecule has 0 aromatic carbocycles. The van der Waals surface area contributed by atoms with E-state index >= 15 is 0 Å². The number of carbonyl (C=O) groups is 1. The highest BCUT2D eigenvalue weighted by molar-refractivity contribution is 7.99. The van der Waals surface area contributed by atoms with Crippen molar-refractivity contribution in [1.82, 2.24) is 10.2 Å². The lowest BCUT2D eigenvalue weighted by Gasteiger charge is -2.33. The first kappa shape index (κ1) is 13.7. The average molecular weight is 282 g/mol. The van der Waals surface area contributed by atoms with Gasteiger partial charge in [0.15, 0.2) is 0 Å². The van der Waals surface area contributed by atoms with Gasteiger partial charge in [-0.2, -0.15) is 11.8 Å². The summed E-state index contributed by atoms with van der Waals surface area (Å²) in [5, 5.41) is 4.43. The number of likely N-dealkylation sites (tertiary alicyclic amines) is 1. The Morgan fingerprint density at radius 2 is 2.00 bits per heavy atom. The van der Waals surface area contributed by atoms with Crippen LogP contribution >= 0.6 is 11.8 Å². The zero-order chi connectivity index (χ0) is 13.2. The monoisotopic (exact) mass is 282 g/mol. The lowest BCUT2D eigenvalue weighted by Crippen LogP contribution is -2.49. The van der Waals surface area contributed by atoms with E-state index in [9.17, 15) is 4.79 Å². The minimum absolute atomic E-state index is 0.114. The third kappa shape index (κ3) is 3.10. The molecule has 0 spiro atoms. The smallest absolute Gasteiger partial charge is 0.240 e. The number of nitrogens with one attached hydrogen (secondary N) is 1. The summed E-state index contributed by atoms with van der Waals surface area (Å²) in [4.78, 5) is 14.5. The van der Waals surface area contributed by atoms with E-state index in [-0.39, 0.29) is 6.04 Å². The van der Waals surface area contributed by atoms with Crippen LogP contribution in [0.15, 0.2) is 0 Å². The summed E-state index contributed by atoms with van der Waals surface area (Å²) < 4.78 is 0. The maximum absolute atomic E-state index is 12.4. The molecule has 3 aliphatic rings. The Labute approximate surface area is 120 Å². The van der Waals surface area contributed by atoms with Gasteiger partial charge in [0.2, 0.25) is 5.91 Å². The van der Waals surface area contributed by atoms with Crippen molar-refractivity contribution in [1.29, 1.82) is 0 Å². The minimum atomic E-state index is 0.114. The molecule has 1 aliphatic heterocycles. The summed E-state index contributed by atoms with van der Waals surface area (Å²) in [6.45, 7) is 3.23. The lowest BCUT2D eigenvalue weighted by molar-refractivity contribution is -0.130. The van der Waals surface area contributed by atoms with Crippen LogP contribution in [0.5, 0.6) is 0 Å². The van der Waals surface area contributed by atoms with Crippen molar-refractivity contribution in [2.24, 2.45) is 0 Å². The van der Waals surface area contributed by atoms with Crippen molar-refractivity contribution in [3.63, 3.8) is 0 Å². The molecule has 108 valence electrons. The van der Waals surface area contributed by atoms with Gasteiger partial charge in [0.25, 0.3) is 0 Å². The largest absolute Gasteiger partial charge is 0.338 e. The fourth-order valence-corrected chi connectivity index (χ4v) is 4.77. The summed E-state index contributed by atoms with van der Waals surface area (Å²) in [6.07, 6.45) is 8.75. The Kier molecular flexibility index (Phi) is 4.37. The molecule has 1 amide bonds. The van der Waals surface area contributed by atoms with E-state index in [1.807, 2.05) is 0 Å². The van der Waals surface area contributed by atoms with Crippen molar-refractivity contribution in [2.45, 2.75) is 75.2 Å². The molecule has 0 aromatic heterocycles. The van der Waals surface area contributed by atoms with Gasteiger partial charge in [0, 0.05) is 23.9 Å². The molecule has 0 radical (unpaired) electrons. The summed E-state index contributed by atoms with van der Waals surface area (Å²) in [5.74, 6) is 1.57. The quantitative estimate of drug-likeness (QED) is 0.840. The van der Waals surface area contributed by atoms with E-state index < -0.39 is 0 Å². The zero-order valence-electron chi connectivity index (χ0n) is 11.9. The molecular formula is C15H26N2OS. The molecule has 3 fully saturated rings. The van der Waals surface area contributed by atoms with Gasteiger partial charge in [-0.25, -0.2) is 0 Å². The number of carbonyl (C=O) groups excluding carboxylic acids is 1. The summed E-state index contributed by atoms with van der Waals surface area (Å²) in [6, 6.07) is 1.27. The van der Waals surface area contributed by atoms with Gasteiger partial charge < -0.3 is 10.2 Å². The van der Waals surface area contributed by atoms with E-state index in [0.717, 1.165) is 18.2 Å². The van der Waals surface area contributed by atoms with Gasteiger partial charge in [-0.05, 0) is 37.9 Å². The van der Waals surface area contributed by atoms with E-state index in [1.54, 1.807) is 0 Å². The van der Waals surface area contributed by atoms with Crippen molar-refractivity contribution >= 4 is 17.7 Å². The van der Waals surface area contributed by atoms with E-state index in [0.29, 0.717) is 18.0 Å².